The normalized spacial score (nSPS) is 25.7. The van der Waals surface area contributed by atoms with Gasteiger partial charge in [0, 0.05) is 11.3 Å². The van der Waals surface area contributed by atoms with Crippen molar-refractivity contribution in [3.05, 3.63) is 64.7 Å². The highest BCUT2D eigenvalue weighted by molar-refractivity contribution is 5.59. The smallest absolute Gasteiger partial charge is 0.113 e. The summed E-state index contributed by atoms with van der Waals surface area (Å²) in [7, 11) is 0. The molecule has 1 N–H and O–H groups in total. The first-order chi connectivity index (χ1) is 11.9. The maximum Gasteiger partial charge on any atom is 0.113 e. The van der Waals surface area contributed by atoms with Crippen LogP contribution in [0.1, 0.15) is 55.2 Å². The fourth-order valence-corrected chi connectivity index (χ4v) is 3.86. The average Bonchev–Trinajstić information content (AvgIpc) is 2.60. The predicted octanol–water partition coefficient (Wildman–Crippen LogP) is 4.92. The molecule has 2 heterocycles. The van der Waals surface area contributed by atoms with E-state index in [1.807, 2.05) is 0 Å². The molecule has 3 atom stereocenters. The molecular formula is C22H27NO2. The second-order valence-electron chi connectivity index (χ2n) is 8.21. The topological polar surface area (TPSA) is 30.5 Å². The Morgan fingerprint density at radius 2 is 1.80 bits per heavy atom. The van der Waals surface area contributed by atoms with E-state index in [0.717, 1.165) is 5.69 Å². The Kier molecular flexibility index (Phi) is 4.09. The summed E-state index contributed by atoms with van der Waals surface area (Å²) in [4.78, 5) is 0. The van der Waals surface area contributed by atoms with Crippen LogP contribution >= 0.6 is 0 Å². The first-order valence-corrected chi connectivity index (χ1v) is 9.14. The molecule has 2 aromatic rings. The number of ether oxygens (including phenoxy) is 2. The van der Waals surface area contributed by atoms with Crippen molar-refractivity contribution >= 4 is 5.69 Å². The van der Waals surface area contributed by atoms with E-state index in [2.05, 4.69) is 75.5 Å². The molecule has 0 radical (unpaired) electrons. The first kappa shape index (κ1) is 16.6. The minimum atomic E-state index is -0.0159. The summed E-state index contributed by atoms with van der Waals surface area (Å²) in [5, 5.41) is 3.71. The lowest BCUT2D eigenvalue weighted by atomic mass is 9.82. The standard InChI is InChI=1S/C22H27NO2/c1-14-6-5-7-15(12-14)19-21-20(24-10-11-25-21)17-13-16(22(2,3)4)8-9-18(17)23-19/h5-9,12-13,19-21,23H,10-11H2,1-4H3. The van der Waals surface area contributed by atoms with Gasteiger partial charge in [0.1, 0.15) is 12.2 Å². The van der Waals surface area contributed by atoms with Crippen molar-refractivity contribution in [3.63, 3.8) is 0 Å². The molecule has 2 aromatic carbocycles. The number of hydrogen-bond acceptors (Lipinski definition) is 3. The third-order valence-electron chi connectivity index (χ3n) is 5.25. The molecule has 132 valence electrons. The van der Waals surface area contributed by atoms with Crippen LogP contribution in [0.2, 0.25) is 0 Å². The lowest BCUT2D eigenvalue weighted by Crippen LogP contribution is -2.43. The highest BCUT2D eigenvalue weighted by Crippen LogP contribution is 2.45. The molecular weight excluding hydrogens is 310 g/mol. The highest BCUT2D eigenvalue weighted by Gasteiger charge is 2.41. The Hall–Kier alpha value is -1.84. The summed E-state index contributed by atoms with van der Waals surface area (Å²) in [6, 6.07) is 15.5. The highest BCUT2D eigenvalue weighted by atomic mass is 16.6. The number of anilines is 1. The van der Waals surface area contributed by atoms with Crippen LogP contribution in [-0.2, 0) is 14.9 Å². The van der Waals surface area contributed by atoms with Crippen LogP contribution in [0.4, 0.5) is 5.69 Å². The SMILES string of the molecule is Cc1cccc(C2Nc3ccc(C(C)(C)C)cc3C3OCCOC23)c1. The molecule has 25 heavy (non-hydrogen) atoms. The number of nitrogens with one attached hydrogen (secondary N) is 1. The van der Waals surface area contributed by atoms with E-state index >= 15 is 0 Å². The molecule has 3 heteroatoms. The van der Waals surface area contributed by atoms with Crippen molar-refractivity contribution in [1.82, 2.24) is 0 Å². The van der Waals surface area contributed by atoms with Gasteiger partial charge >= 0.3 is 0 Å². The molecule has 2 aliphatic rings. The zero-order chi connectivity index (χ0) is 17.6. The molecule has 1 fully saturated rings. The van der Waals surface area contributed by atoms with E-state index in [1.54, 1.807) is 0 Å². The summed E-state index contributed by atoms with van der Waals surface area (Å²) >= 11 is 0. The van der Waals surface area contributed by atoms with Crippen molar-refractivity contribution in [2.75, 3.05) is 18.5 Å². The Morgan fingerprint density at radius 1 is 1.00 bits per heavy atom. The number of benzene rings is 2. The fraction of sp³-hybridized carbons (Fsp3) is 0.455. The van der Waals surface area contributed by atoms with Gasteiger partial charge in [-0.05, 0) is 29.5 Å². The van der Waals surface area contributed by atoms with E-state index in [-0.39, 0.29) is 23.7 Å². The van der Waals surface area contributed by atoms with Gasteiger partial charge in [-0.15, -0.1) is 0 Å². The van der Waals surface area contributed by atoms with Gasteiger partial charge in [0.15, 0.2) is 0 Å². The van der Waals surface area contributed by atoms with Gasteiger partial charge < -0.3 is 14.8 Å². The van der Waals surface area contributed by atoms with Crippen molar-refractivity contribution < 1.29 is 9.47 Å². The van der Waals surface area contributed by atoms with Crippen LogP contribution in [0.15, 0.2) is 42.5 Å². The molecule has 1 saturated heterocycles. The lowest BCUT2D eigenvalue weighted by molar-refractivity contribution is -0.151. The zero-order valence-electron chi connectivity index (χ0n) is 15.5. The zero-order valence-corrected chi connectivity index (χ0v) is 15.5. The van der Waals surface area contributed by atoms with Crippen molar-refractivity contribution in [3.8, 4) is 0 Å². The monoisotopic (exact) mass is 337 g/mol. The van der Waals surface area contributed by atoms with Crippen LogP contribution in [0.5, 0.6) is 0 Å². The van der Waals surface area contributed by atoms with Crippen molar-refractivity contribution in [2.24, 2.45) is 0 Å². The van der Waals surface area contributed by atoms with Crippen LogP contribution in [0.25, 0.3) is 0 Å². The van der Waals surface area contributed by atoms with Gasteiger partial charge in [-0.1, -0.05) is 62.7 Å². The van der Waals surface area contributed by atoms with Gasteiger partial charge in [0.25, 0.3) is 0 Å². The van der Waals surface area contributed by atoms with Gasteiger partial charge in [-0.2, -0.15) is 0 Å². The molecule has 3 nitrogen and oxygen atoms in total. The molecule has 2 aliphatic heterocycles. The fourth-order valence-electron chi connectivity index (χ4n) is 3.86. The van der Waals surface area contributed by atoms with Crippen LogP contribution in [0, 0.1) is 6.92 Å². The second kappa shape index (κ2) is 6.15. The van der Waals surface area contributed by atoms with Gasteiger partial charge in [0.2, 0.25) is 0 Å². The number of rotatable bonds is 1. The average molecular weight is 337 g/mol. The van der Waals surface area contributed by atoms with E-state index in [4.69, 9.17) is 9.47 Å². The number of aryl methyl sites for hydroxylation is 1. The largest absolute Gasteiger partial charge is 0.375 e. The van der Waals surface area contributed by atoms with Crippen LogP contribution in [-0.4, -0.2) is 19.3 Å². The summed E-state index contributed by atoms with van der Waals surface area (Å²) in [6.45, 7) is 10.2. The molecule has 0 bridgehead atoms. The summed E-state index contributed by atoms with van der Waals surface area (Å²) in [6.07, 6.45) is -0.0175. The molecule has 0 amide bonds. The van der Waals surface area contributed by atoms with Gasteiger partial charge in [0.05, 0.1) is 19.3 Å². The molecule has 0 aliphatic carbocycles. The van der Waals surface area contributed by atoms with E-state index in [9.17, 15) is 0 Å². The summed E-state index contributed by atoms with van der Waals surface area (Å²) < 4.78 is 12.4. The molecule has 3 unspecified atom stereocenters. The van der Waals surface area contributed by atoms with Gasteiger partial charge in [-0.25, -0.2) is 0 Å². The Labute approximate surface area is 150 Å². The number of fused-ring (bicyclic) bond motifs is 3. The van der Waals surface area contributed by atoms with Gasteiger partial charge in [-0.3, -0.25) is 0 Å². The summed E-state index contributed by atoms with van der Waals surface area (Å²) in [5.41, 5.74) is 6.35. The third-order valence-corrected chi connectivity index (χ3v) is 5.25. The molecule has 0 spiro atoms. The van der Waals surface area contributed by atoms with E-state index in [0.29, 0.717) is 13.2 Å². The summed E-state index contributed by atoms with van der Waals surface area (Å²) in [5.74, 6) is 0. The Balaban J connectivity index is 1.78. The minimum absolute atomic E-state index is 0.00160. The Morgan fingerprint density at radius 3 is 2.56 bits per heavy atom. The first-order valence-electron chi connectivity index (χ1n) is 9.14. The van der Waals surface area contributed by atoms with Crippen LogP contribution in [0.3, 0.4) is 0 Å². The quantitative estimate of drug-likeness (QED) is 0.801. The lowest BCUT2D eigenvalue weighted by Gasteiger charge is -2.43. The maximum atomic E-state index is 6.19. The van der Waals surface area contributed by atoms with Crippen molar-refractivity contribution in [1.29, 1.82) is 0 Å². The van der Waals surface area contributed by atoms with E-state index in [1.165, 1.54) is 22.3 Å². The minimum Gasteiger partial charge on any atom is -0.375 e. The molecule has 0 saturated carbocycles. The number of hydrogen-bond donors (Lipinski definition) is 1. The predicted molar refractivity (Wildman–Crippen MR) is 101 cm³/mol. The Bertz CT molecular complexity index is 778. The second-order valence-corrected chi connectivity index (χ2v) is 8.21. The van der Waals surface area contributed by atoms with Crippen molar-refractivity contribution in [2.45, 2.75) is 51.4 Å². The third kappa shape index (κ3) is 3.07. The molecule has 4 rings (SSSR count). The molecule has 0 aromatic heterocycles. The van der Waals surface area contributed by atoms with E-state index < -0.39 is 0 Å². The maximum absolute atomic E-state index is 6.19. The van der Waals surface area contributed by atoms with Crippen LogP contribution < -0.4 is 5.32 Å².